The largest absolute Gasteiger partial charge is 0.354 e. The Morgan fingerprint density at radius 2 is 2.14 bits per heavy atom. The van der Waals surface area contributed by atoms with Gasteiger partial charge in [-0.1, -0.05) is 24.3 Å². The van der Waals surface area contributed by atoms with E-state index < -0.39 is 0 Å². The summed E-state index contributed by atoms with van der Waals surface area (Å²) in [6, 6.07) is 8.79. The van der Waals surface area contributed by atoms with E-state index in [0.717, 1.165) is 44.0 Å². The molecule has 5 nitrogen and oxygen atoms in total. The van der Waals surface area contributed by atoms with Gasteiger partial charge in [-0.15, -0.1) is 11.3 Å². The summed E-state index contributed by atoms with van der Waals surface area (Å²) in [5.74, 6) is 0.791. The van der Waals surface area contributed by atoms with Crippen LogP contribution in [0.15, 0.2) is 30.5 Å². The number of carbonyl (C=O) groups excluding carboxylic acids is 1. The third kappa shape index (κ3) is 2.54. The van der Waals surface area contributed by atoms with Gasteiger partial charge in [0.15, 0.2) is 5.13 Å². The average molecular weight is 397 g/mol. The Morgan fingerprint density at radius 3 is 2.89 bits per heavy atom. The monoisotopic (exact) mass is 396 g/mol. The summed E-state index contributed by atoms with van der Waals surface area (Å²) in [5, 5.41) is 1.05. The molecule has 3 atom stereocenters. The van der Waals surface area contributed by atoms with E-state index in [1.807, 2.05) is 20.3 Å². The van der Waals surface area contributed by atoms with Gasteiger partial charge < -0.3 is 9.80 Å². The second-order valence-electron chi connectivity index (χ2n) is 8.72. The van der Waals surface area contributed by atoms with Gasteiger partial charge in [0.2, 0.25) is 5.91 Å². The lowest BCUT2D eigenvalue weighted by molar-refractivity contribution is -0.137. The Morgan fingerprint density at radius 1 is 1.32 bits per heavy atom. The quantitative estimate of drug-likeness (QED) is 0.794. The first-order chi connectivity index (χ1) is 13.5. The van der Waals surface area contributed by atoms with Gasteiger partial charge in [-0.05, 0) is 43.9 Å². The molecule has 0 bridgehead atoms. The van der Waals surface area contributed by atoms with Crippen LogP contribution >= 0.6 is 11.3 Å². The number of anilines is 1. The molecule has 148 valence electrons. The molecule has 0 unspecified atom stereocenters. The molecule has 1 spiro atoms. The van der Waals surface area contributed by atoms with Crippen molar-refractivity contribution < 1.29 is 4.79 Å². The molecule has 0 saturated carbocycles. The van der Waals surface area contributed by atoms with Crippen molar-refractivity contribution in [2.75, 3.05) is 32.1 Å². The topological polar surface area (TPSA) is 39.7 Å². The van der Waals surface area contributed by atoms with Crippen molar-refractivity contribution in [1.82, 2.24) is 14.8 Å². The van der Waals surface area contributed by atoms with Crippen LogP contribution in [0.25, 0.3) is 0 Å². The first-order valence-electron chi connectivity index (χ1n) is 10.2. The van der Waals surface area contributed by atoms with Gasteiger partial charge in [0.25, 0.3) is 0 Å². The van der Waals surface area contributed by atoms with Crippen molar-refractivity contribution in [3.63, 3.8) is 0 Å². The summed E-state index contributed by atoms with van der Waals surface area (Å²) in [6.45, 7) is 4.80. The number of hydrogen-bond donors (Lipinski definition) is 0. The van der Waals surface area contributed by atoms with Gasteiger partial charge in [-0.25, -0.2) is 4.98 Å². The Labute approximate surface area is 171 Å². The highest BCUT2D eigenvalue weighted by Gasteiger charge is 2.65. The van der Waals surface area contributed by atoms with Crippen LogP contribution in [-0.4, -0.2) is 53.4 Å². The molecule has 5 rings (SSSR count). The van der Waals surface area contributed by atoms with E-state index in [-0.39, 0.29) is 5.54 Å². The van der Waals surface area contributed by atoms with Crippen LogP contribution in [0.5, 0.6) is 0 Å². The Balaban J connectivity index is 1.41. The van der Waals surface area contributed by atoms with Crippen LogP contribution in [0.2, 0.25) is 0 Å². The predicted molar refractivity (Wildman–Crippen MR) is 113 cm³/mol. The summed E-state index contributed by atoms with van der Waals surface area (Å²) < 4.78 is 0. The van der Waals surface area contributed by atoms with E-state index in [1.165, 1.54) is 16.0 Å². The second-order valence-corrected chi connectivity index (χ2v) is 9.76. The highest BCUT2D eigenvalue weighted by Crippen LogP contribution is 2.56. The van der Waals surface area contributed by atoms with E-state index >= 15 is 0 Å². The van der Waals surface area contributed by atoms with Crippen molar-refractivity contribution in [2.24, 2.45) is 5.92 Å². The number of benzene rings is 1. The number of nitrogens with zero attached hydrogens (tertiary/aromatic N) is 4. The highest BCUT2D eigenvalue weighted by molar-refractivity contribution is 7.15. The maximum atomic E-state index is 13.7. The SMILES string of the molecule is Cc1ccccc1CN1C[C@@H]2C[C@@H](c3cnc(N(C)C)s3)N3CCC[C@@]23C1=O. The van der Waals surface area contributed by atoms with E-state index in [4.69, 9.17) is 0 Å². The highest BCUT2D eigenvalue weighted by atomic mass is 32.1. The third-order valence-corrected chi connectivity index (χ3v) is 8.24. The lowest BCUT2D eigenvalue weighted by Gasteiger charge is -2.33. The smallest absolute Gasteiger partial charge is 0.243 e. The van der Waals surface area contributed by atoms with Gasteiger partial charge in [-0.3, -0.25) is 9.69 Å². The van der Waals surface area contributed by atoms with Crippen LogP contribution in [0.1, 0.15) is 41.3 Å². The van der Waals surface area contributed by atoms with Crippen LogP contribution in [0.4, 0.5) is 5.13 Å². The molecule has 1 aromatic heterocycles. The minimum atomic E-state index is -0.268. The van der Waals surface area contributed by atoms with Crippen LogP contribution in [0.3, 0.4) is 0 Å². The van der Waals surface area contributed by atoms with Gasteiger partial charge in [0.05, 0.1) is 0 Å². The predicted octanol–water partition coefficient (Wildman–Crippen LogP) is 3.46. The molecule has 4 heterocycles. The molecule has 1 aromatic carbocycles. The second kappa shape index (κ2) is 6.56. The number of likely N-dealkylation sites (tertiary alicyclic amines) is 1. The van der Waals surface area contributed by atoms with E-state index in [0.29, 0.717) is 17.9 Å². The minimum absolute atomic E-state index is 0.268. The summed E-state index contributed by atoms with van der Waals surface area (Å²) >= 11 is 1.78. The molecule has 0 N–H and O–H groups in total. The molecular formula is C22H28N4OS. The number of carbonyl (C=O) groups is 1. The lowest BCUT2D eigenvalue weighted by Crippen LogP contribution is -2.49. The lowest BCUT2D eigenvalue weighted by atomic mass is 9.85. The van der Waals surface area contributed by atoms with E-state index in [1.54, 1.807) is 11.3 Å². The molecule has 3 aliphatic rings. The number of hydrogen-bond acceptors (Lipinski definition) is 5. The molecule has 3 saturated heterocycles. The molecule has 2 aromatic rings. The van der Waals surface area contributed by atoms with Crippen molar-refractivity contribution in [3.05, 3.63) is 46.5 Å². The van der Waals surface area contributed by atoms with Crippen molar-refractivity contribution >= 4 is 22.4 Å². The zero-order valence-electron chi connectivity index (χ0n) is 16.9. The van der Waals surface area contributed by atoms with Crippen LogP contribution in [-0.2, 0) is 11.3 Å². The minimum Gasteiger partial charge on any atom is -0.354 e. The molecule has 0 radical (unpaired) electrons. The number of rotatable bonds is 4. The standard InChI is InChI=1S/C22H28N4OS/c1-15-7-4-5-8-16(15)13-25-14-17-11-18(19-12-23-21(28-19)24(2)3)26-10-6-9-22(17,26)20(25)27/h4-5,7-8,12,17-18H,6,9-11,13-14H2,1-3H3/t17-,18-,22-/m0/s1. The summed E-state index contributed by atoms with van der Waals surface area (Å²) in [6.07, 6.45) is 5.24. The maximum Gasteiger partial charge on any atom is 0.243 e. The Bertz CT molecular complexity index is 909. The third-order valence-electron chi connectivity index (χ3n) is 6.97. The molecule has 3 fully saturated rings. The average Bonchev–Trinajstić information content (AvgIpc) is 3.40. The van der Waals surface area contributed by atoms with E-state index in [9.17, 15) is 4.79 Å². The summed E-state index contributed by atoms with van der Waals surface area (Å²) in [4.78, 5) is 26.3. The molecule has 6 heteroatoms. The van der Waals surface area contributed by atoms with Gasteiger partial charge in [-0.2, -0.15) is 0 Å². The molecule has 1 amide bonds. The summed E-state index contributed by atoms with van der Waals surface area (Å²) in [7, 11) is 4.08. The normalized spacial score (nSPS) is 29.4. The fourth-order valence-corrected chi connectivity index (χ4v) is 6.58. The zero-order chi connectivity index (χ0) is 19.5. The van der Waals surface area contributed by atoms with Crippen LogP contribution in [0, 0.1) is 12.8 Å². The fraction of sp³-hybridized carbons (Fsp3) is 0.545. The van der Waals surface area contributed by atoms with Crippen molar-refractivity contribution in [3.8, 4) is 0 Å². The first-order valence-corrected chi connectivity index (χ1v) is 11.1. The summed E-state index contributed by atoms with van der Waals surface area (Å²) in [5.41, 5.74) is 2.27. The Hall–Kier alpha value is -1.92. The maximum absolute atomic E-state index is 13.7. The van der Waals surface area contributed by atoms with Crippen molar-refractivity contribution in [1.29, 1.82) is 0 Å². The number of thiazole rings is 1. The molecule has 28 heavy (non-hydrogen) atoms. The van der Waals surface area contributed by atoms with Gasteiger partial charge in [0, 0.05) is 50.2 Å². The van der Waals surface area contributed by atoms with E-state index in [2.05, 4.69) is 50.9 Å². The molecule has 3 aliphatic heterocycles. The molecule has 0 aliphatic carbocycles. The fourth-order valence-electron chi connectivity index (χ4n) is 5.62. The van der Waals surface area contributed by atoms with Gasteiger partial charge in [0.1, 0.15) is 5.54 Å². The zero-order valence-corrected chi connectivity index (χ0v) is 17.7. The molecular weight excluding hydrogens is 368 g/mol. The Kier molecular flexibility index (Phi) is 4.25. The number of amides is 1. The number of aryl methyl sites for hydroxylation is 1. The van der Waals surface area contributed by atoms with Crippen molar-refractivity contribution in [2.45, 2.75) is 44.3 Å². The first kappa shape index (κ1) is 18.1. The number of aromatic nitrogens is 1. The van der Waals surface area contributed by atoms with Crippen LogP contribution < -0.4 is 4.90 Å². The van der Waals surface area contributed by atoms with Gasteiger partial charge >= 0.3 is 0 Å².